The lowest BCUT2D eigenvalue weighted by Gasteiger charge is -2.17. The van der Waals surface area contributed by atoms with Gasteiger partial charge >= 0.3 is 18.5 Å². The number of methoxy groups -OCH3 is 1. The number of pyridine rings is 1. The van der Waals surface area contributed by atoms with Crippen molar-refractivity contribution in [3.63, 3.8) is 0 Å². The lowest BCUT2D eigenvalue weighted by atomic mass is 10.0. The van der Waals surface area contributed by atoms with Crippen molar-refractivity contribution in [2.45, 2.75) is 18.4 Å². The van der Waals surface area contributed by atoms with Crippen LogP contribution in [0, 0.1) is 0 Å². The van der Waals surface area contributed by atoms with Gasteiger partial charge in [0.05, 0.1) is 12.7 Å². The van der Waals surface area contributed by atoms with Crippen molar-refractivity contribution in [1.82, 2.24) is 4.98 Å². The van der Waals surface area contributed by atoms with Crippen molar-refractivity contribution < 1.29 is 40.6 Å². The molecule has 4 nitrogen and oxygen atoms in total. The first-order chi connectivity index (χ1) is 9.51. The molecule has 1 aromatic rings. The summed E-state index contributed by atoms with van der Waals surface area (Å²) in [6, 6.07) is 0. The maximum absolute atomic E-state index is 12.7. The number of ether oxygens (including phenoxy) is 2. The van der Waals surface area contributed by atoms with Gasteiger partial charge in [0.1, 0.15) is 5.56 Å². The topological polar surface area (TPSA) is 48.4 Å². The highest BCUT2D eigenvalue weighted by molar-refractivity contribution is 6.18. The predicted octanol–water partition coefficient (Wildman–Crippen LogP) is 3.52. The van der Waals surface area contributed by atoms with Crippen molar-refractivity contribution in [2.24, 2.45) is 0 Å². The second-order valence-electron chi connectivity index (χ2n) is 3.50. The first-order valence-corrected chi connectivity index (χ1v) is 5.53. The molecule has 0 bridgehead atoms. The van der Waals surface area contributed by atoms with Gasteiger partial charge in [-0.2, -0.15) is 13.2 Å². The molecular formula is C10H6ClF6NO3. The summed E-state index contributed by atoms with van der Waals surface area (Å²) in [5.74, 6) is -3.74. The Labute approximate surface area is 118 Å². The predicted molar refractivity (Wildman–Crippen MR) is 56.8 cm³/mol. The van der Waals surface area contributed by atoms with Crippen LogP contribution in [-0.2, 0) is 16.8 Å². The summed E-state index contributed by atoms with van der Waals surface area (Å²) in [7, 11) is 0.776. The first kappa shape index (κ1) is 17.3. The summed E-state index contributed by atoms with van der Waals surface area (Å²) in [6.45, 7) is 0. The molecule has 0 radical (unpaired) electrons. The highest BCUT2D eigenvalue weighted by atomic mass is 35.5. The average Bonchev–Trinajstić information content (AvgIpc) is 2.33. The Kier molecular flexibility index (Phi) is 4.92. The number of aromatic nitrogens is 1. The summed E-state index contributed by atoms with van der Waals surface area (Å²) in [5.41, 5.74) is -3.49. The smallest absolute Gasteiger partial charge is 0.465 e. The van der Waals surface area contributed by atoms with Crippen LogP contribution < -0.4 is 4.74 Å². The Balaban J connectivity index is 3.58. The highest BCUT2D eigenvalue weighted by Crippen LogP contribution is 2.37. The van der Waals surface area contributed by atoms with Crippen molar-refractivity contribution in [3.05, 3.63) is 22.9 Å². The van der Waals surface area contributed by atoms with E-state index in [4.69, 9.17) is 11.6 Å². The normalized spacial score (nSPS) is 12.2. The fourth-order valence-corrected chi connectivity index (χ4v) is 1.69. The van der Waals surface area contributed by atoms with E-state index in [1.807, 2.05) is 0 Å². The number of alkyl halides is 7. The summed E-state index contributed by atoms with van der Waals surface area (Å²) >= 11 is 5.32. The molecule has 0 amide bonds. The SMILES string of the molecule is COC(=O)c1c(OC(F)(F)F)ncc(C(F)(F)F)c1CCl. The minimum atomic E-state index is -5.25. The zero-order chi connectivity index (χ0) is 16.4. The molecule has 0 saturated carbocycles. The van der Waals surface area contributed by atoms with Crippen LogP contribution in [0.15, 0.2) is 6.20 Å². The van der Waals surface area contributed by atoms with E-state index < -0.39 is 47.0 Å². The van der Waals surface area contributed by atoms with E-state index in [1.165, 1.54) is 0 Å². The third-order valence-corrected chi connectivity index (χ3v) is 2.46. The number of halogens is 7. The molecule has 21 heavy (non-hydrogen) atoms. The van der Waals surface area contributed by atoms with Crippen LogP contribution >= 0.6 is 11.6 Å². The van der Waals surface area contributed by atoms with Crippen LogP contribution in [0.25, 0.3) is 0 Å². The molecule has 118 valence electrons. The van der Waals surface area contributed by atoms with Crippen LogP contribution in [-0.4, -0.2) is 24.4 Å². The Morgan fingerprint density at radius 3 is 2.24 bits per heavy atom. The van der Waals surface area contributed by atoms with Crippen molar-refractivity contribution in [2.75, 3.05) is 7.11 Å². The molecule has 11 heteroatoms. The van der Waals surface area contributed by atoms with Crippen molar-refractivity contribution >= 4 is 17.6 Å². The standard InChI is InChI=1S/C10H6ClF6NO3/c1-20-8(19)6-4(2-11)5(9(12,13)14)3-18-7(6)21-10(15,16)17/h3H,2H2,1H3. The van der Waals surface area contributed by atoms with E-state index in [0.29, 0.717) is 0 Å². The number of nitrogens with zero attached hydrogens (tertiary/aromatic N) is 1. The minimum Gasteiger partial charge on any atom is -0.465 e. The van der Waals surface area contributed by atoms with Crippen molar-refractivity contribution in [1.29, 1.82) is 0 Å². The van der Waals surface area contributed by atoms with E-state index in [-0.39, 0.29) is 6.20 Å². The molecule has 0 aliphatic heterocycles. The summed E-state index contributed by atoms with van der Waals surface area (Å²) in [4.78, 5) is 14.3. The average molecular weight is 338 g/mol. The van der Waals surface area contributed by atoms with Gasteiger partial charge in [-0.15, -0.1) is 24.8 Å². The van der Waals surface area contributed by atoms with Gasteiger partial charge in [0.2, 0.25) is 5.88 Å². The van der Waals surface area contributed by atoms with Crippen LogP contribution in [0.2, 0.25) is 0 Å². The summed E-state index contributed by atoms with van der Waals surface area (Å²) in [5, 5.41) is 0. The van der Waals surface area contributed by atoms with Gasteiger partial charge in [-0.1, -0.05) is 0 Å². The molecule has 0 fully saturated rings. The molecule has 0 atom stereocenters. The Morgan fingerprint density at radius 1 is 1.29 bits per heavy atom. The van der Waals surface area contributed by atoms with Gasteiger partial charge in [-0.05, 0) is 0 Å². The van der Waals surface area contributed by atoms with Gasteiger partial charge in [0.25, 0.3) is 0 Å². The maximum Gasteiger partial charge on any atom is 0.574 e. The van der Waals surface area contributed by atoms with Gasteiger partial charge < -0.3 is 9.47 Å². The zero-order valence-electron chi connectivity index (χ0n) is 10.1. The first-order valence-electron chi connectivity index (χ1n) is 5.00. The second kappa shape index (κ2) is 5.96. The molecule has 1 rings (SSSR count). The lowest BCUT2D eigenvalue weighted by molar-refractivity contribution is -0.276. The second-order valence-corrected chi connectivity index (χ2v) is 3.77. The molecule has 0 aliphatic carbocycles. The monoisotopic (exact) mass is 337 g/mol. The molecular weight excluding hydrogens is 332 g/mol. The molecule has 1 aromatic heterocycles. The number of hydrogen-bond donors (Lipinski definition) is 0. The third-order valence-electron chi connectivity index (χ3n) is 2.19. The van der Waals surface area contributed by atoms with E-state index in [1.54, 1.807) is 0 Å². The largest absolute Gasteiger partial charge is 0.574 e. The van der Waals surface area contributed by atoms with Crippen LogP contribution in [0.4, 0.5) is 26.3 Å². The Hall–Kier alpha value is -1.71. The fraction of sp³-hybridized carbons (Fsp3) is 0.400. The van der Waals surface area contributed by atoms with Gasteiger partial charge in [-0.25, -0.2) is 9.78 Å². The van der Waals surface area contributed by atoms with Crippen LogP contribution in [0.5, 0.6) is 5.88 Å². The fourth-order valence-electron chi connectivity index (χ4n) is 1.41. The molecule has 0 aliphatic rings. The van der Waals surface area contributed by atoms with E-state index in [2.05, 4.69) is 14.5 Å². The number of hydrogen-bond acceptors (Lipinski definition) is 4. The number of esters is 1. The minimum absolute atomic E-state index is 0.102. The summed E-state index contributed by atoms with van der Waals surface area (Å²) < 4.78 is 82.4. The third kappa shape index (κ3) is 4.13. The van der Waals surface area contributed by atoms with E-state index in [9.17, 15) is 31.1 Å². The van der Waals surface area contributed by atoms with Gasteiger partial charge in [0.15, 0.2) is 0 Å². The maximum atomic E-state index is 12.7. The Bertz CT molecular complexity index is 543. The molecule has 0 N–H and O–H groups in total. The zero-order valence-corrected chi connectivity index (χ0v) is 10.9. The Morgan fingerprint density at radius 2 is 1.86 bits per heavy atom. The highest BCUT2D eigenvalue weighted by Gasteiger charge is 2.40. The van der Waals surface area contributed by atoms with Gasteiger partial charge in [-0.3, -0.25) is 0 Å². The van der Waals surface area contributed by atoms with Crippen molar-refractivity contribution in [3.8, 4) is 5.88 Å². The van der Waals surface area contributed by atoms with Crippen LogP contribution in [0.3, 0.4) is 0 Å². The van der Waals surface area contributed by atoms with E-state index in [0.717, 1.165) is 7.11 Å². The lowest BCUT2D eigenvalue weighted by Crippen LogP contribution is -2.23. The number of carbonyl (C=O) groups excluding carboxylic acids is 1. The van der Waals surface area contributed by atoms with E-state index >= 15 is 0 Å². The number of rotatable bonds is 3. The molecule has 1 heterocycles. The molecule has 0 unspecified atom stereocenters. The summed E-state index contributed by atoms with van der Waals surface area (Å²) in [6.07, 6.45) is -10.1. The van der Waals surface area contributed by atoms with Crippen LogP contribution in [0.1, 0.15) is 21.5 Å². The molecule has 0 aromatic carbocycles. The molecule has 0 saturated heterocycles. The van der Waals surface area contributed by atoms with Gasteiger partial charge in [0, 0.05) is 17.6 Å². The number of carbonyl (C=O) groups is 1. The molecule has 0 spiro atoms. The quantitative estimate of drug-likeness (QED) is 0.481.